The molecule has 3 amide bonds. The molecule has 1 aromatic rings. The molecule has 1 heterocycles. The first-order chi connectivity index (χ1) is 12.1. The van der Waals surface area contributed by atoms with E-state index >= 15 is 0 Å². The summed E-state index contributed by atoms with van der Waals surface area (Å²) in [5.74, 6) is -0.152. The number of hydrogen-bond donors (Lipinski definition) is 3. The van der Waals surface area contributed by atoms with Crippen molar-refractivity contribution in [2.24, 2.45) is 11.7 Å². The molecule has 1 saturated heterocycles. The molecule has 3 rings (SSSR count). The minimum atomic E-state index is -0.188. The van der Waals surface area contributed by atoms with E-state index in [9.17, 15) is 14.4 Å². The predicted octanol–water partition coefficient (Wildman–Crippen LogP) is 1.51. The van der Waals surface area contributed by atoms with Crippen LogP contribution in [0.4, 0.5) is 5.69 Å². The van der Waals surface area contributed by atoms with Crippen molar-refractivity contribution < 1.29 is 14.4 Å². The molecule has 2 aliphatic rings. The van der Waals surface area contributed by atoms with Crippen LogP contribution >= 0.6 is 12.4 Å². The highest BCUT2D eigenvalue weighted by Gasteiger charge is 2.26. The number of hydrogen-bond acceptors (Lipinski definition) is 4. The first kappa shape index (κ1) is 20.2. The molecule has 1 aromatic carbocycles. The van der Waals surface area contributed by atoms with Gasteiger partial charge in [-0.1, -0.05) is 12.8 Å². The number of nitrogens with two attached hydrogens (primary N) is 1. The normalized spacial score (nSPS) is 23.0. The van der Waals surface area contributed by atoms with E-state index in [-0.39, 0.29) is 49.0 Å². The monoisotopic (exact) mass is 380 g/mol. The van der Waals surface area contributed by atoms with E-state index in [4.69, 9.17) is 5.73 Å². The topological polar surface area (TPSA) is 105 Å². The van der Waals surface area contributed by atoms with E-state index in [1.165, 1.54) is 11.4 Å². The highest BCUT2D eigenvalue weighted by Crippen LogP contribution is 2.24. The third-order valence-electron chi connectivity index (χ3n) is 4.97. The van der Waals surface area contributed by atoms with Crippen molar-refractivity contribution in [3.63, 3.8) is 0 Å². The molecular formula is C18H25ClN4O3. The summed E-state index contributed by atoms with van der Waals surface area (Å²) < 4.78 is 0. The zero-order valence-corrected chi connectivity index (χ0v) is 15.4. The molecule has 0 spiro atoms. The van der Waals surface area contributed by atoms with Gasteiger partial charge in [-0.05, 0) is 49.6 Å². The summed E-state index contributed by atoms with van der Waals surface area (Å²) in [6.07, 6.45) is 4.68. The number of nitrogens with one attached hydrogen (secondary N) is 2. The third-order valence-corrected chi connectivity index (χ3v) is 4.97. The van der Waals surface area contributed by atoms with Gasteiger partial charge in [0, 0.05) is 24.4 Å². The highest BCUT2D eigenvalue weighted by molar-refractivity contribution is 6.01. The molecule has 1 saturated carbocycles. The van der Waals surface area contributed by atoms with Gasteiger partial charge in [0.05, 0.1) is 5.69 Å². The van der Waals surface area contributed by atoms with Crippen LogP contribution in [0.15, 0.2) is 24.3 Å². The molecule has 26 heavy (non-hydrogen) atoms. The lowest BCUT2D eigenvalue weighted by Gasteiger charge is -2.31. The Morgan fingerprint density at radius 1 is 1.15 bits per heavy atom. The maximum Gasteiger partial charge on any atom is 0.251 e. The SMILES string of the molecule is Cl.NCC1CCCCC1NC(=O)c1ccc(N2NC(=O)CCC2=O)cc1. The van der Waals surface area contributed by atoms with Crippen molar-refractivity contribution in [1.82, 2.24) is 10.7 Å². The van der Waals surface area contributed by atoms with Gasteiger partial charge in [0.2, 0.25) is 11.8 Å². The summed E-state index contributed by atoms with van der Waals surface area (Å²) in [4.78, 5) is 35.9. The predicted molar refractivity (Wildman–Crippen MR) is 101 cm³/mol. The Hall–Kier alpha value is -2.12. The van der Waals surface area contributed by atoms with Gasteiger partial charge in [-0.15, -0.1) is 12.4 Å². The molecule has 8 heteroatoms. The molecular weight excluding hydrogens is 356 g/mol. The van der Waals surface area contributed by atoms with Crippen molar-refractivity contribution in [3.8, 4) is 0 Å². The number of carbonyl (C=O) groups excluding carboxylic acids is 3. The minimum absolute atomic E-state index is 0. The number of halogens is 1. The van der Waals surface area contributed by atoms with E-state index < -0.39 is 0 Å². The van der Waals surface area contributed by atoms with Crippen molar-refractivity contribution in [3.05, 3.63) is 29.8 Å². The van der Waals surface area contributed by atoms with Gasteiger partial charge in [0.15, 0.2) is 0 Å². The van der Waals surface area contributed by atoms with Crippen LogP contribution in [0.3, 0.4) is 0 Å². The van der Waals surface area contributed by atoms with Crippen LogP contribution in [-0.2, 0) is 9.59 Å². The van der Waals surface area contributed by atoms with Gasteiger partial charge < -0.3 is 11.1 Å². The Kier molecular flexibility index (Phi) is 6.99. The summed E-state index contributed by atoms with van der Waals surface area (Å²) in [7, 11) is 0. The first-order valence-corrected chi connectivity index (χ1v) is 8.82. The molecule has 2 atom stereocenters. The molecule has 0 aromatic heterocycles. The van der Waals surface area contributed by atoms with E-state index in [0.29, 0.717) is 23.7 Å². The highest BCUT2D eigenvalue weighted by atomic mass is 35.5. The molecule has 142 valence electrons. The number of hydrazine groups is 1. The third kappa shape index (κ3) is 4.53. The van der Waals surface area contributed by atoms with E-state index in [2.05, 4.69) is 10.7 Å². The fraction of sp³-hybridized carbons (Fsp3) is 0.500. The molecule has 1 aliphatic heterocycles. The number of carbonyl (C=O) groups is 3. The summed E-state index contributed by atoms with van der Waals surface area (Å²) in [6, 6.07) is 6.78. The van der Waals surface area contributed by atoms with Crippen LogP contribution in [0.2, 0.25) is 0 Å². The van der Waals surface area contributed by atoms with E-state index in [1.54, 1.807) is 24.3 Å². The summed E-state index contributed by atoms with van der Waals surface area (Å²) in [5, 5.41) is 4.32. The summed E-state index contributed by atoms with van der Waals surface area (Å²) in [6.45, 7) is 0.584. The Balaban J connectivity index is 0.00000243. The fourth-order valence-electron chi connectivity index (χ4n) is 3.48. The largest absolute Gasteiger partial charge is 0.349 e. The van der Waals surface area contributed by atoms with Gasteiger partial charge in [-0.3, -0.25) is 19.8 Å². The number of nitrogens with zero attached hydrogens (tertiary/aromatic N) is 1. The zero-order chi connectivity index (χ0) is 17.8. The van der Waals surface area contributed by atoms with Crippen LogP contribution in [0.1, 0.15) is 48.9 Å². The molecule has 4 N–H and O–H groups in total. The number of rotatable bonds is 4. The standard InChI is InChI=1S/C18H24N4O3.ClH/c19-11-13-3-1-2-4-15(13)20-18(25)12-5-7-14(8-6-12)22-17(24)10-9-16(23)21-22;/h5-8,13,15H,1-4,9-11,19H2,(H,20,25)(H,21,23);1H. The number of anilines is 1. The van der Waals surface area contributed by atoms with Gasteiger partial charge >= 0.3 is 0 Å². The maximum absolute atomic E-state index is 12.5. The Morgan fingerprint density at radius 3 is 2.54 bits per heavy atom. The van der Waals surface area contributed by atoms with E-state index in [1.807, 2.05) is 0 Å². The lowest BCUT2D eigenvalue weighted by molar-refractivity contribution is -0.130. The van der Waals surface area contributed by atoms with Crippen LogP contribution in [0.5, 0.6) is 0 Å². The van der Waals surface area contributed by atoms with Crippen molar-refractivity contribution in [1.29, 1.82) is 0 Å². The molecule has 0 bridgehead atoms. The average Bonchev–Trinajstić information content (AvgIpc) is 2.64. The van der Waals surface area contributed by atoms with E-state index in [0.717, 1.165) is 19.3 Å². The second kappa shape index (κ2) is 9.00. The lowest BCUT2D eigenvalue weighted by Crippen LogP contribution is -2.50. The van der Waals surface area contributed by atoms with Gasteiger partial charge in [-0.2, -0.15) is 0 Å². The minimum Gasteiger partial charge on any atom is -0.349 e. The molecule has 1 aliphatic carbocycles. The summed E-state index contributed by atoms with van der Waals surface area (Å²) in [5.41, 5.74) is 9.43. The molecule has 7 nitrogen and oxygen atoms in total. The Labute approximate surface area is 159 Å². The number of benzene rings is 1. The fourth-order valence-corrected chi connectivity index (χ4v) is 3.48. The average molecular weight is 381 g/mol. The molecule has 2 unspecified atom stereocenters. The van der Waals surface area contributed by atoms with Crippen molar-refractivity contribution in [2.75, 3.05) is 11.6 Å². The second-order valence-corrected chi connectivity index (χ2v) is 6.67. The van der Waals surface area contributed by atoms with Crippen LogP contribution < -0.4 is 21.5 Å². The quantitative estimate of drug-likeness (QED) is 0.736. The first-order valence-electron chi connectivity index (χ1n) is 8.82. The van der Waals surface area contributed by atoms with Crippen LogP contribution in [-0.4, -0.2) is 30.3 Å². The number of amides is 3. The van der Waals surface area contributed by atoms with Gasteiger partial charge in [0.25, 0.3) is 5.91 Å². The van der Waals surface area contributed by atoms with Crippen molar-refractivity contribution in [2.45, 2.75) is 44.6 Å². The van der Waals surface area contributed by atoms with Crippen LogP contribution in [0.25, 0.3) is 0 Å². The zero-order valence-electron chi connectivity index (χ0n) is 14.6. The smallest absolute Gasteiger partial charge is 0.251 e. The Bertz CT molecular complexity index is 665. The van der Waals surface area contributed by atoms with Crippen LogP contribution in [0, 0.1) is 5.92 Å². The Morgan fingerprint density at radius 2 is 1.85 bits per heavy atom. The lowest BCUT2D eigenvalue weighted by atomic mass is 9.84. The summed E-state index contributed by atoms with van der Waals surface area (Å²) >= 11 is 0. The molecule has 0 radical (unpaired) electrons. The second-order valence-electron chi connectivity index (χ2n) is 6.67. The van der Waals surface area contributed by atoms with Gasteiger partial charge in [0.1, 0.15) is 0 Å². The van der Waals surface area contributed by atoms with Crippen molar-refractivity contribution >= 4 is 35.8 Å². The van der Waals surface area contributed by atoms with Gasteiger partial charge in [-0.25, -0.2) is 5.01 Å². The maximum atomic E-state index is 12.5. The molecule has 2 fully saturated rings.